The molecular weight excluding hydrogens is 296 g/mol. The Kier molecular flexibility index (Phi) is 11.6. The maximum atomic E-state index is 12.0. The van der Waals surface area contributed by atoms with Crippen LogP contribution in [0.4, 0.5) is 5.69 Å². The number of nitrogens with one attached hydrogen (secondary N) is 2. The maximum absolute atomic E-state index is 12.0. The zero-order valence-electron chi connectivity index (χ0n) is 16.4. The van der Waals surface area contributed by atoms with Crippen LogP contribution in [0.1, 0.15) is 53.5 Å². The quantitative estimate of drug-likeness (QED) is 0.736. The lowest BCUT2D eigenvalue weighted by Gasteiger charge is -2.11. The van der Waals surface area contributed by atoms with Crippen LogP contribution in [-0.2, 0) is 11.2 Å². The summed E-state index contributed by atoms with van der Waals surface area (Å²) in [6, 6.07) is 12.3. The van der Waals surface area contributed by atoms with Gasteiger partial charge in [-0.15, -0.1) is 0 Å². The second-order valence-electron chi connectivity index (χ2n) is 4.68. The first-order valence-electron chi connectivity index (χ1n) is 9.28. The molecule has 2 aromatic rings. The van der Waals surface area contributed by atoms with Crippen molar-refractivity contribution in [2.45, 2.75) is 60.4 Å². The summed E-state index contributed by atoms with van der Waals surface area (Å²) in [5.74, 6) is 0.0616. The number of aryl methyl sites for hydroxylation is 1. The molecule has 0 radical (unpaired) electrons. The minimum absolute atomic E-state index is 0.0616. The van der Waals surface area contributed by atoms with E-state index in [9.17, 15) is 4.79 Å². The Morgan fingerprint density at radius 3 is 2.21 bits per heavy atom. The van der Waals surface area contributed by atoms with Crippen LogP contribution in [0.2, 0.25) is 0 Å². The number of likely N-dealkylation sites (N-methyl/N-ethyl adjacent to an activating group) is 1. The molecule has 1 unspecified atom stereocenters. The van der Waals surface area contributed by atoms with Crippen molar-refractivity contribution in [3.8, 4) is 0 Å². The van der Waals surface area contributed by atoms with Crippen LogP contribution in [0.25, 0.3) is 10.8 Å². The fourth-order valence-corrected chi connectivity index (χ4v) is 2.64. The molecule has 0 aromatic heterocycles. The monoisotopic (exact) mass is 330 g/mol. The second-order valence-corrected chi connectivity index (χ2v) is 4.68. The number of anilines is 1. The fourth-order valence-electron chi connectivity index (χ4n) is 2.64. The van der Waals surface area contributed by atoms with E-state index in [1.165, 1.54) is 16.3 Å². The lowest BCUT2D eigenvalue weighted by Crippen LogP contribution is -2.37. The SMILES string of the molecule is CC.CC.CC.CNC1CCc2c(ccc3ccccc23)NC1=O. The van der Waals surface area contributed by atoms with E-state index in [-0.39, 0.29) is 11.9 Å². The van der Waals surface area contributed by atoms with E-state index in [1.54, 1.807) is 0 Å². The highest BCUT2D eigenvalue weighted by Crippen LogP contribution is 2.29. The molecule has 3 nitrogen and oxygen atoms in total. The number of carbonyl (C=O) groups is 1. The van der Waals surface area contributed by atoms with Gasteiger partial charge in [-0.2, -0.15) is 0 Å². The summed E-state index contributed by atoms with van der Waals surface area (Å²) in [5.41, 5.74) is 2.20. The van der Waals surface area contributed by atoms with Crippen LogP contribution in [0.5, 0.6) is 0 Å². The van der Waals surface area contributed by atoms with E-state index in [0.717, 1.165) is 18.5 Å². The van der Waals surface area contributed by atoms with E-state index >= 15 is 0 Å². The molecule has 0 saturated heterocycles. The first kappa shape index (κ1) is 22.1. The van der Waals surface area contributed by atoms with E-state index in [4.69, 9.17) is 0 Å². The van der Waals surface area contributed by atoms with Gasteiger partial charge >= 0.3 is 0 Å². The summed E-state index contributed by atoms with van der Waals surface area (Å²) in [7, 11) is 1.83. The highest BCUT2D eigenvalue weighted by atomic mass is 16.2. The highest BCUT2D eigenvalue weighted by Gasteiger charge is 2.22. The minimum Gasteiger partial charge on any atom is -0.324 e. The summed E-state index contributed by atoms with van der Waals surface area (Å²) >= 11 is 0. The number of hydrogen-bond donors (Lipinski definition) is 2. The van der Waals surface area contributed by atoms with Gasteiger partial charge in [-0.1, -0.05) is 71.9 Å². The smallest absolute Gasteiger partial charge is 0.241 e. The van der Waals surface area contributed by atoms with Crippen molar-refractivity contribution >= 4 is 22.4 Å². The molecule has 0 fully saturated rings. The van der Waals surface area contributed by atoms with Crippen LogP contribution < -0.4 is 10.6 Å². The second kappa shape index (κ2) is 12.5. The lowest BCUT2D eigenvalue weighted by atomic mass is 9.98. The predicted molar refractivity (Wildman–Crippen MR) is 108 cm³/mol. The normalized spacial score (nSPS) is 15.1. The highest BCUT2D eigenvalue weighted by molar-refractivity contribution is 6.00. The van der Waals surface area contributed by atoms with Crippen molar-refractivity contribution in [2.24, 2.45) is 0 Å². The van der Waals surface area contributed by atoms with Gasteiger partial charge in [-0.05, 0) is 42.3 Å². The molecule has 1 amide bonds. The summed E-state index contributed by atoms with van der Waals surface area (Å²) in [4.78, 5) is 12.0. The van der Waals surface area contributed by atoms with Crippen molar-refractivity contribution in [1.29, 1.82) is 0 Å². The molecule has 0 aliphatic carbocycles. The van der Waals surface area contributed by atoms with E-state index in [1.807, 2.05) is 66.8 Å². The molecule has 3 rings (SSSR count). The van der Waals surface area contributed by atoms with Crippen molar-refractivity contribution in [1.82, 2.24) is 5.32 Å². The zero-order valence-corrected chi connectivity index (χ0v) is 16.4. The molecule has 1 heterocycles. The van der Waals surface area contributed by atoms with Crippen molar-refractivity contribution in [3.05, 3.63) is 42.0 Å². The summed E-state index contributed by atoms with van der Waals surface area (Å²) in [6.07, 6.45) is 1.75. The number of fused-ring (bicyclic) bond motifs is 3. The Labute approximate surface area is 147 Å². The molecular formula is C21H34N2O. The Morgan fingerprint density at radius 1 is 0.958 bits per heavy atom. The van der Waals surface area contributed by atoms with Gasteiger partial charge in [0.2, 0.25) is 5.91 Å². The average Bonchev–Trinajstić information content (AvgIpc) is 2.84. The molecule has 0 bridgehead atoms. The molecule has 1 atom stereocenters. The van der Waals surface area contributed by atoms with E-state index in [2.05, 4.69) is 28.8 Å². The summed E-state index contributed by atoms with van der Waals surface area (Å²) in [6.45, 7) is 12.0. The molecule has 24 heavy (non-hydrogen) atoms. The number of rotatable bonds is 1. The number of benzene rings is 2. The Morgan fingerprint density at radius 2 is 1.58 bits per heavy atom. The topological polar surface area (TPSA) is 41.1 Å². The van der Waals surface area contributed by atoms with Gasteiger partial charge < -0.3 is 10.6 Å². The largest absolute Gasteiger partial charge is 0.324 e. The van der Waals surface area contributed by atoms with E-state index < -0.39 is 0 Å². The maximum Gasteiger partial charge on any atom is 0.241 e. The molecule has 134 valence electrons. The molecule has 1 aliphatic rings. The van der Waals surface area contributed by atoms with Crippen LogP contribution in [0.15, 0.2) is 36.4 Å². The summed E-state index contributed by atoms with van der Waals surface area (Å²) in [5, 5.41) is 8.55. The molecule has 2 aromatic carbocycles. The standard InChI is InChI=1S/C15H16N2O.3C2H6/c1-16-14-9-7-12-11-5-3-2-4-10(11)6-8-13(12)17-15(14)18;3*1-2/h2-6,8,14,16H,7,9H2,1H3,(H,17,18);3*1-2H3. The van der Waals surface area contributed by atoms with E-state index in [0.29, 0.717) is 0 Å². The Balaban J connectivity index is 0.000000798. The molecule has 0 saturated carbocycles. The number of amides is 1. The average molecular weight is 331 g/mol. The first-order chi connectivity index (χ1) is 11.8. The summed E-state index contributed by atoms with van der Waals surface area (Å²) < 4.78 is 0. The zero-order chi connectivity index (χ0) is 18.5. The molecule has 1 aliphatic heterocycles. The Bertz CT molecular complexity index is 608. The Hall–Kier alpha value is -1.87. The third kappa shape index (κ3) is 5.34. The van der Waals surface area contributed by atoms with Crippen LogP contribution in [0, 0.1) is 0 Å². The molecule has 2 N–H and O–H groups in total. The third-order valence-corrected chi connectivity index (χ3v) is 3.65. The van der Waals surface area contributed by atoms with Gasteiger partial charge in [0.25, 0.3) is 0 Å². The van der Waals surface area contributed by atoms with Gasteiger partial charge in [0.15, 0.2) is 0 Å². The van der Waals surface area contributed by atoms with Gasteiger partial charge in [0.1, 0.15) is 0 Å². The van der Waals surface area contributed by atoms with Gasteiger partial charge in [-0.3, -0.25) is 4.79 Å². The molecule has 3 heteroatoms. The van der Waals surface area contributed by atoms with Crippen molar-refractivity contribution in [3.63, 3.8) is 0 Å². The predicted octanol–water partition coefficient (Wildman–Crippen LogP) is 5.39. The van der Waals surface area contributed by atoms with Crippen LogP contribution in [-0.4, -0.2) is 19.0 Å². The van der Waals surface area contributed by atoms with Crippen molar-refractivity contribution in [2.75, 3.05) is 12.4 Å². The molecule has 0 spiro atoms. The van der Waals surface area contributed by atoms with Gasteiger partial charge in [0.05, 0.1) is 6.04 Å². The van der Waals surface area contributed by atoms with Crippen LogP contribution in [0.3, 0.4) is 0 Å². The third-order valence-electron chi connectivity index (χ3n) is 3.65. The fraction of sp³-hybridized carbons (Fsp3) is 0.476. The van der Waals surface area contributed by atoms with Crippen molar-refractivity contribution < 1.29 is 4.79 Å². The van der Waals surface area contributed by atoms with Crippen LogP contribution >= 0.6 is 0 Å². The van der Waals surface area contributed by atoms with Gasteiger partial charge in [-0.25, -0.2) is 0 Å². The number of carbonyl (C=O) groups excluding carboxylic acids is 1. The minimum atomic E-state index is -0.101. The number of hydrogen-bond acceptors (Lipinski definition) is 2. The first-order valence-corrected chi connectivity index (χ1v) is 9.28. The van der Waals surface area contributed by atoms with Gasteiger partial charge in [0, 0.05) is 5.69 Å². The lowest BCUT2D eigenvalue weighted by molar-refractivity contribution is -0.118.